The number of ether oxygens (including phenoxy) is 1. The molecule has 0 saturated carbocycles. The lowest BCUT2D eigenvalue weighted by molar-refractivity contribution is -0.139. The lowest BCUT2D eigenvalue weighted by Crippen LogP contribution is -2.28. The zero-order valence-corrected chi connectivity index (χ0v) is 11.6. The number of hydrogen-bond acceptors (Lipinski definition) is 5. The largest absolute Gasteiger partial charge is 0.465 e. The molecule has 0 saturated heterocycles. The summed E-state index contributed by atoms with van der Waals surface area (Å²) in [7, 11) is -3.89. The Morgan fingerprint density at radius 2 is 1.80 bits per heavy atom. The van der Waals surface area contributed by atoms with Crippen LogP contribution in [-0.4, -0.2) is 38.4 Å². The third-order valence-electron chi connectivity index (χ3n) is 2.12. The fourth-order valence-electron chi connectivity index (χ4n) is 1.36. The van der Waals surface area contributed by atoms with Crippen LogP contribution in [0.3, 0.4) is 0 Å². The van der Waals surface area contributed by atoms with Crippen molar-refractivity contribution in [3.05, 3.63) is 30.1 Å². The zero-order valence-electron chi connectivity index (χ0n) is 10.8. The molecule has 0 fully saturated rings. The van der Waals surface area contributed by atoms with Crippen LogP contribution in [0.15, 0.2) is 24.3 Å². The molecule has 0 aliphatic carbocycles. The molecule has 0 aliphatic rings. The van der Waals surface area contributed by atoms with Crippen molar-refractivity contribution in [2.75, 3.05) is 23.4 Å². The number of rotatable bonds is 6. The van der Waals surface area contributed by atoms with E-state index in [1.807, 2.05) is 0 Å². The monoisotopic (exact) mass is 303 g/mol. The van der Waals surface area contributed by atoms with Gasteiger partial charge in [0.25, 0.3) is 0 Å². The molecule has 8 heteroatoms. The summed E-state index contributed by atoms with van der Waals surface area (Å²) < 4.78 is 40.2. The highest BCUT2D eigenvalue weighted by molar-refractivity contribution is 7.92. The molecule has 1 aromatic carbocycles. The Kier molecular flexibility index (Phi) is 5.63. The Bertz CT molecular complexity index is 582. The molecule has 1 N–H and O–H groups in total. The molecule has 0 heterocycles. The van der Waals surface area contributed by atoms with Gasteiger partial charge in [-0.25, -0.2) is 12.8 Å². The van der Waals surface area contributed by atoms with Gasteiger partial charge in [-0.3, -0.25) is 9.59 Å². The SMILES string of the molecule is CCOC(=O)CS(=O)(=O)CC(=O)Nc1ccc(F)cc1. The number of esters is 1. The first kappa shape index (κ1) is 16.1. The number of carbonyl (C=O) groups excluding carboxylic acids is 2. The molecule has 1 amide bonds. The second kappa shape index (κ2) is 6.99. The van der Waals surface area contributed by atoms with Gasteiger partial charge in [0.05, 0.1) is 6.61 Å². The highest BCUT2D eigenvalue weighted by Gasteiger charge is 2.21. The van der Waals surface area contributed by atoms with Crippen molar-refractivity contribution >= 4 is 27.4 Å². The Morgan fingerprint density at radius 1 is 1.20 bits per heavy atom. The highest BCUT2D eigenvalue weighted by atomic mass is 32.2. The van der Waals surface area contributed by atoms with Crippen molar-refractivity contribution in [1.82, 2.24) is 0 Å². The van der Waals surface area contributed by atoms with Crippen LogP contribution in [0.4, 0.5) is 10.1 Å². The maximum Gasteiger partial charge on any atom is 0.321 e. The van der Waals surface area contributed by atoms with Crippen molar-refractivity contribution in [1.29, 1.82) is 0 Å². The molecule has 0 radical (unpaired) electrons. The number of nitrogens with one attached hydrogen (secondary N) is 1. The van der Waals surface area contributed by atoms with E-state index in [-0.39, 0.29) is 12.3 Å². The lowest BCUT2D eigenvalue weighted by atomic mass is 10.3. The van der Waals surface area contributed by atoms with E-state index in [0.717, 1.165) is 12.1 Å². The zero-order chi connectivity index (χ0) is 15.2. The third-order valence-corrected chi connectivity index (χ3v) is 3.50. The van der Waals surface area contributed by atoms with E-state index in [4.69, 9.17) is 0 Å². The summed E-state index contributed by atoms with van der Waals surface area (Å²) in [4.78, 5) is 22.6. The molecule has 0 spiro atoms. The van der Waals surface area contributed by atoms with Crippen LogP contribution in [0.5, 0.6) is 0 Å². The molecule has 1 aromatic rings. The Hall–Kier alpha value is -1.96. The fraction of sp³-hybridized carbons (Fsp3) is 0.333. The van der Waals surface area contributed by atoms with E-state index in [2.05, 4.69) is 10.1 Å². The average Bonchev–Trinajstić information content (AvgIpc) is 2.30. The number of halogens is 1. The van der Waals surface area contributed by atoms with Crippen LogP contribution in [-0.2, 0) is 24.2 Å². The standard InChI is InChI=1S/C12H14FNO5S/c1-2-19-12(16)8-20(17,18)7-11(15)14-10-5-3-9(13)4-6-10/h3-6H,2,7-8H2,1H3,(H,14,15). The van der Waals surface area contributed by atoms with Gasteiger partial charge in [0.1, 0.15) is 17.3 Å². The second-order valence-electron chi connectivity index (χ2n) is 3.89. The molecule has 0 aliphatic heterocycles. The van der Waals surface area contributed by atoms with Crippen molar-refractivity contribution in [2.45, 2.75) is 6.92 Å². The van der Waals surface area contributed by atoms with Gasteiger partial charge in [-0.05, 0) is 31.2 Å². The third kappa shape index (κ3) is 5.79. The van der Waals surface area contributed by atoms with E-state index in [1.165, 1.54) is 12.1 Å². The predicted octanol–water partition coefficient (Wildman–Crippen LogP) is 0.742. The molecule has 110 valence electrons. The number of sulfone groups is 1. The first-order valence-electron chi connectivity index (χ1n) is 5.74. The van der Waals surface area contributed by atoms with Crippen molar-refractivity contribution in [3.63, 3.8) is 0 Å². The Balaban J connectivity index is 2.57. The van der Waals surface area contributed by atoms with Crippen LogP contribution in [0.25, 0.3) is 0 Å². The molecule has 0 bridgehead atoms. The van der Waals surface area contributed by atoms with Gasteiger partial charge in [0.15, 0.2) is 9.84 Å². The minimum atomic E-state index is -3.89. The molecule has 0 aromatic heterocycles. The van der Waals surface area contributed by atoms with E-state index in [1.54, 1.807) is 6.92 Å². The summed E-state index contributed by atoms with van der Waals surface area (Å²) >= 11 is 0. The van der Waals surface area contributed by atoms with Crippen molar-refractivity contribution < 1.29 is 27.1 Å². The quantitative estimate of drug-likeness (QED) is 0.783. The Labute approximate surface area is 115 Å². The summed E-state index contributed by atoms with van der Waals surface area (Å²) in [5, 5.41) is 2.29. The van der Waals surface area contributed by atoms with E-state index in [0.29, 0.717) is 0 Å². The smallest absolute Gasteiger partial charge is 0.321 e. The molecule has 6 nitrogen and oxygen atoms in total. The van der Waals surface area contributed by atoms with E-state index in [9.17, 15) is 22.4 Å². The molecule has 20 heavy (non-hydrogen) atoms. The number of hydrogen-bond donors (Lipinski definition) is 1. The molecule has 1 rings (SSSR count). The summed E-state index contributed by atoms with van der Waals surface area (Å²) in [6.45, 7) is 1.61. The number of amides is 1. The topological polar surface area (TPSA) is 89.5 Å². The predicted molar refractivity (Wildman–Crippen MR) is 70.3 cm³/mol. The average molecular weight is 303 g/mol. The van der Waals surface area contributed by atoms with E-state index >= 15 is 0 Å². The van der Waals surface area contributed by atoms with Crippen LogP contribution < -0.4 is 5.32 Å². The molecular formula is C12H14FNO5S. The molecule has 0 atom stereocenters. The molecule has 0 unspecified atom stereocenters. The van der Waals surface area contributed by atoms with Crippen molar-refractivity contribution in [2.24, 2.45) is 0 Å². The second-order valence-corrected chi connectivity index (χ2v) is 5.96. The number of anilines is 1. The van der Waals surface area contributed by atoms with Gasteiger partial charge < -0.3 is 10.1 Å². The Morgan fingerprint density at radius 3 is 2.35 bits per heavy atom. The first-order chi connectivity index (χ1) is 9.32. The van der Waals surface area contributed by atoms with Crippen LogP contribution in [0.2, 0.25) is 0 Å². The van der Waals surface area contributed by atoms with Gasteiger partial charge in [0.2, 0.25) is 5.91 Å². The maximum atomic E-state index is 12.7. The number of carbonyl (C=O) groups is 2. The summed E-state index contributed by atoms with van der Waals surface area (Å²) in [5.41, 5.74) is 0.266. The van der Waals surface area contributed by atoms with Gasteiger partial charge in [0, 0.05) is 5.69 Å². The molecular weight excluding hydrogens is 289 g/mol. The minimum absolute atomic E-state index is 0.0656. The summed E-state index contributed by atoms with van der Waals surface area (Å²) in [6, 6.07) is 4.85. The van der Waals surface area contributed by atoms with E-state index < -0.39 is 39.0 Å². The van der Waals surface area contributed by atoms with Crippen LogP contribution in [0.1, 0.15) is 6.92 Å². The van der Waals surface area contributed by atoms with Gasteiger partial charge >= 0.3 is 5.97 Å². The number of benzene rings is 1. The highest BCUT2D eigenvalue weighted by Crippen LogP contribution is 2.08. The normalized spacial score (nSPS) is 10.9. The van der Waals surface area contributed by atoms with Gasteiger partial charge in [-0.15, -0.1) is 0 Å². The lowest BCUT2D eigenvalue weighted by Gasteiger charge is -2.06. The fourth-order valence-corrected chi connectivity index (χ4v) is 2.38. The minimum Gasteiger partial charge on any atom is -0.465 e. The van der Waals surface area contributed by atoms with Gasteiger partial charge in [-0.2, -0.15) is 0 Å². The summed E-state index contributed by atoms with van der Waals surface area (Å²) in [6.07, 6.45) is 0. The van der Waals surface area contributed by atoms with Crippen LogP contribution in [0, 0.1) is 5.82 Å². The van der Waals surface area contributed by atoms with Crippen molar-refractivity contribution in [3.8, 4) is 0 Å². The van der Waals surface area contributed by atoms with Gasteiger partial charge in [-0.1, -0.05) is 0 Å². The maximum absolute atomic E-state index is 12.7. The summed E-state index contributed by atoms with van der Waals surface area (Å²) in [5.74, 6) is -3.87. The first-order valence-corrected chi connectivity index (χ1v) is 7.56. The van der Waals surface area contributed by atoms with Crippen LogP contribution >= 0.6 is 0 Å².